The summed E-state index contributed by atoms with van der Waals surface area (Å²) in [4.78, 5) is 36.0. The van der Waals surface area contributed by atoms with Crippen molar-refractivity contribution in [2.45, 2.75) is 27.2 Å². The molecule has 0 aliphatic carbocycles. The van der Waals surface area contributed by atoms with Crippen LogP contribution in [0.2, 0.25) is 0 Å². The molecule has 0 saturated heterocycles. The van der Waals surface area contributed by atoms with E-state index in [1.54, 1.807) is 0 Å². The third-order valence-corrected chi connectivity index (χ3v) is 1.50. The van der Waals surface area contributed by atoms with Gasteiger partial charge in [0.05, 0.1) is 5.70 Å². The second kappa shape index (κ2) is 8.80. The van der Waals surface area contributed by atoms with Crippen molar-refractivity contribution in [1.82, 2.24) is 5.06 Å². The second-order valence-electron chi connectivity index (χ2n) is 3.29. The highest BCUT2D eigenvalue weighted by molar-refractivity contribution is 5.88. The van der Waals surface area contributed by atoms with Gasteiger partial charge in [-0.3, -0.25) is 4.79 Å². The van der Waals surface area contributed by atoms with Crippen LogP contribution in [0.1, 0.15) is 27.2 Å². The Hall–Kier alpha value is -2.31. The molecule has 0 rings (SSSR count). The minimum Gasteiger partial charge on any atom is -0.352 e. The minimum atomic E-state index is -0.833. The van der Waals surface area contributed by atoms with Gasteiger partial charge in [0.15, 0.2) is 0 Å². The summed E-state index contributed by atoms with van der Waals surface area (Å²) >= 11 is 0. The first kappa shape index (κ1) is 18.1. The first-order chi connectivity index (χ1) is 8.13. The molecule has 102 valence electrons. The fourth-order valence-electron chi connectivity index (χ4n) is 0.656. The fourth-order valence-corrected chi connectivity index (χ4v) is 0.656. The number of hydroxylamine groups is 2. The molecule has 0 radical (unpaired) electrons. The van der Waals surface area contributed by atoms with Crippen molar-refractivity contribution in [1.29, 1.82) is 0 Å². The summed E-state index contributed by atoms with van der Waals surface area (Å²) in [7, 11) is 0. The lowest BCUT2D eigenvalue weighted by atomic mass is 10.3. The third kappa shape index (κ3) is 8.96. The minimum absolute atomic E-state index is 0.236. The number of nitrogens with two attached hydrogens (primary N) is 2. The van der Waals surface area contributed by atoms with Gasteiger partial charge in [0, 0.05) is 12.5 Å². The number of carbonyl (C=O) groups excluding carboxylic acids is 3. The zero-order chi connectivity index (χ0) is 14.9. The highest BCUT2D eigenvalue weighted by atomic mass is 16.7. The van der Waals surface area contributed by atoms with Crippen LogP contribution in [-0.2, 0) is 14.4 Å². The summed E-state index contributed by atoms with van der Waals surface area (Å²) in [6, 6.07) is -0.833. The van der Waals surface area contributed by atoms with E-state index in [0.29, 0.717) is 12.1 Å². The van der Waals surface area contributed by atoms with Crippen LogP contribution < -0.4 is 11.5 Å². The number of amides is 3. The molecule has 18 heavy (non-hydrogen) atoms. The predicted molar refractivity (Wildman–Crippen MR) is 66.6 cm³/mol. The molecule has 0 bridgehead atoms. The number of allylic oxidation sites excluding steroid dienone is 1. The summed E-state index contributed by atoms with van der Waals surface area (Å²) in [5.74, 6) is -1.01. The molecule has 0 aromatic heterocycles. The summed E-state index contributed by atoms with van der Waals surface area (Å²) in [5.41, 5.74) is 9.17. The van der Waals surface area contributed by atoms with Gasteiger partial charge in [-0.05, 0) is 13.3 Å². The van der Waals surface area contributed by atoms with Crippen LogP contribution in [0.4, 0.5) is 4.79 Å². The topological polar surface area (TPSA) is 116 Å². The van der Waals surface area contributed by atoms with Crippen LogP contribution in [-0.4, -0.2) is 23.0 Å². The first-order valence-electron chi connectivity index (χ1n) is 5.04. The lowest BCUT2D eigenvalue weighted by Crippen LogP contribution is -2.30. The Morgan fingerprint density at radius 3 is 1.78 bits per heavy atom. The number of primary amides is 2. The summed E-state index contributed by atoms with van der Waals surface area (Å²) in [6.07, 6.45) is 0.531. The standard InChI is InChI=1S/C10H15NO3.CH4N2O/c1-6-8(4)11(9(5)12)14-10(13)7(2)3;2-1(3)4/h2,4,6H2,1,3,5H3;(H4,2,3,4). The SMILES string of the molecule is C=C(C)C(=O)ON(C(=C)CC)C(C)=O.NC(N)=O. The maximum absolute atomic E-state index is 11.1. The van der Waals surface area contributed by atoms with E-state index >= 15 is 0 Å². The highest BCUT2D eigenvalue weighted by Crippen LogP contribution is 2.09. The Balaban J connectivity index is 0. The number of hydrogen-bond acceptors (Lipinski definition) is 4. The van der Waals surface area contributed by atoms with E-state index in [9.17, 15) is 9.59 Å². The smallest absolute Gasteiger partial charge is 0.352 e. The van der Waals surface area contributed by atoms with E-state index in [4.69, 9.17) is 9.63 Å². The van der Waals surface area contributed by atoms with Crippen LogP contribution in [0.5, 0.6) is 0 Å². The fraction of sp³-hybridized carbons (Fsp3) is 0.364. The van der Waals surface area contributed by atoms with Gasteiger partial charge in [-0.2, -0.15) is 0 Å². The molecule has 0 aliphatic heterocycles. The van der Waals surface area contributed by atoms with Crippen LogP contribution in [0.25, 0.3) is 0 Å². The molecular weight excluding hydrogens is 238 g/mol. The molecule has 0 atom stereocenters. The van der Waals surface area contributed by atoms with Crippen molar-refractivity contribution >= 4 is 17.9 Å². The zero-order valence-electron chi connectivity index (χ0n) is 10.9. The van der Waals surface area contributed by atoms with Gasteiger partial charge in [0.25, 0.3) is 5.91 Å². The van der Waals surface area contributed by atoms with Crippen LogP contribution in [0, 0.1) is 0 Å². The largest absolute Gasteiger partial charge is 0.358 e. The molecule has 0 aliphatic rings. The van der Waals surface area contributed by atoms with E-state index in [1.807, 2.05) is 6.92 Å². The summed E-state index contributed by atoms with van der Waals surface area (Å²) in [5, 5.41) is 0.886. The monoisotopic (exact) mass is 257 g/mol. The van der Waals surface area contributed by atoms with E-state index in [2.05, 4.69) is 24.6 Å². The van der Waals surface area contributed by atoms with E-state index in [-0.39, 0.29) is 11.5 Å². The maximum Gasteiger partial charge on any atom is 0.358 e. The number of nitrogens with zero attached hydrogens (tertiary/aromatic N) is 1. The Morgan fingerprint density at radius 2 is 1.56 bits per heavy atom. The zero-order valence-corrected chi connectivity index (χ0v) is 10.9. The van der Waals surface area contributed by atoms with Crippen molar-refractivity contribution in [2.24, 2.45) is 11.5 Å². The average Bonchev–Trinajstić information content (AvgIpc) is 2.22. The molecule has 0 aromatic rings. The van der Waals surface area contributed by atoms with E-state index in [0.717, 1.165) is 5.06 Å². The first-order valence-corrected chi connectivity index (χ1v) is 5.04. The number of urea groups is 1. The molecule has 7 nitrogen and oxygen atoms in total. The molecule has 4 N–H and O–H groups in total. The van der Waals surface area contributed by atoms with Gasteiger partial charge in [-0.25, -0.2) is 9.59 Å². The molecule has 3 amide bonds. The summed E-state index contributed by atoms with van der Waals surface area (Å²) < 4.78 is 0. The van der Waals surface area contributed by atoms with Crippen molar-refractivity contribution in [2.75, 3.05) is 0 Å². The van der Waals surface area contributed by atoms with Crippen molar-refractivity contribution < 1.29 is 19.2 Å². The predicted octanol–water partition coefficient (Wildman–Crippen LogP) is 0.817. The van der Waals surface area contributed by atoms with Gasteiger partial charge in [-0.1, -0.05) is 20.1 Å². The van der Waals surface area contributed by atoms with Gasteiger partial charge in [-0.15, -0.1) is 5.06 Å². The van der Waals surface area contributed by atoms with Gasteiger partial charge < -0.3 is 16.3 Å². The molecule has 0 saturated carbocycles. The van der Waals surface area contributed by atoms with Gasteiger partial charge in [0.1, 0.15) is 0 Å². The lowest BCUT2D eigenvalue weighted by molar-refractivity contribution is -0.185. The van der Waals surface area contributed by atoms with Gasteiger partial charge in [0.2, 0.25) is 0 Å². The Labute approximate surface area is 106 Å². The van der Waals surface area contributed by atoms with Crippen LogP contribution >= 0.6 is 0 Å². The number of carbonyl (C=O) groups is 3. The lowest BCUT2D eigenvalue weighted by Gasteiger charge is -2.20. The average molecular weight is 257 g/mol. The van der Waals surface area contributed by atoms with Crippen molar-refractivity contribution in [3.63, 3.8) is 0 Å². The Kier molecular flexibility index (Phi) is 8.83. The maximum atomic E-state index is 11.1. The third-order valence-electron chi connectivity index (χ3n) is 1.50. The van der Waals surface area contributed by atoms with E-state index in [1.165, 1.54) is 13.8 Å². The molecule has 7 heteroatoms. The Morgan fingerprint density at radius 1 is 1.17 bits per heavy atom. The second-order valence-corrected chi connectivity index (χ2v) is 3.29. The van der Waals surface area contributed by atoms with Gasteiger partial charge >= 0.3 is 12.0 Å². The normalized spacial score (nSPS) is 8.39. The van der Waals surface area contributed by atoms with Crippen molar-refractivity contribution in [3.8, 4) is 0 Å². The molecule has 0 aromatic carbocycles. The number of rotatable bonds is 3. The van der Waals surface area contributed by atoms with E-state index < -0.39 is 12.0 Å². The molecule has 0 heterocycles. The molecule has 0 fully saturated rings. The molecular formula is C11H19N3O4. The van der Waals surface area contributed by atoms with Crippen LogP contribution in [0.15, 0.2) is 24.4 Å². The van der Waals surface area contributed by atoms with Crippen molar-refractivity contribution in [3.05, 3.63) is 24.4 Å². The molecule has 0 spiro atoms. The molecule has 0 unspecified atom stereocenters. The van der Waals surface area contributed by atoms with Crippen LogP contribution in [0.3, 0.4) is 0 Å². The highest BCUT2D eigenvalue weighted by Gasteiger charge is 2.17. The number of hydrogen-bond donors (Lipinski definition) is 2. The summed E-state index contributed by atoms with van der Waals surface area (Å²) in [6.45, 7) is 11.6. The quantitative estimate of drug-likeness (QED) is 0.575. The Bertz CT molecular complexity index is 359.